The molecule has 0 aliphatic carbocycles. The molecule has 0 radical (unpaired) electrons. The highest BCUT2D eigenvalue weighted by Gasteiger charge is 2.12. The number of nitrogens with zero attached hydrogens (tertiary/aromatic N) is 2. The van der Waals surface area contributed by atoms with Gasteiger partial charge in [-0.2, -0.15) is 0 Å². The van der Waals surface area contributed by atoms with E-state index in [0.717, 1.165) is 5.75 Å². The summed E-state index contributed by atoms with van der Waals surface area (Å²) in [6.45, 7) is 1.54. The van der Waals surface area contributed by atoms with Crippen LogP contribution in [0.4, 0.5) is 5.69 Å². The van der Waals surface area contributed by atoms with Crippen molar-refractivity contribution < 1.29 is 18.7 Å². The average Bonchev–Trinajstić information content (AvgIpc) is 3.29. The maximum Gasteiger partial charge on any atom is 0.291 e. The zero-order valence-corrected chi connectivity index (χ0v) is 13.8. The molecule has 0 bridgehead atoms. The standard InChI is InChI=1S/C18H19N3O4/c1-23-10-11-24-15-4-2-14(3-5-15)20-18(22)17-7-6-16(25-17)12-21-9-8-19-13-21/h2-9,13H,10-12H2,1H3,(H,20,22). The third kappa shape index (κ3) is 4.71. The highest BCUT2D eigenvalue weighted by atomic mass is 16.5. The van der Waals surface area contributed by atoms with E-state index in [1.165, 1.54) is 0 Å². The number of hydrogen-bond acceptors (Lipinski definition) is 5. The zero-order chi connectivity index (χ0) is 17.5. The first-order valence-corrected chi connectivity index (χ1v) is 7.82. The number of anilines is 1. The number of furan rings is 1. The number of hydrogen-bond donors (Lipinski definition) is 1. The van der Waals surface area contributed by atoms with Gasteiger partial charge in [-0.25, -0.2) is 4.98 Å². The molecule has 1 amide bonds. The van der Waals surface area contributed by atoms with Gasteiger partial charge in [-0.3, -0.25) is 4.79 Å². The van der Waals surface area contributed by atoms with Crippen LogP contribution in [0.5, 0.6) is 5.75 Å². The Bertz CT molecular complexity index is 794. The van der Waals surface area contributed by atoms with Gasteiger partial charge in [-0.05, 0) is 36.4 Å². The summed E-state index contributed by atoms with van der Waals surface area (Å²) in [5.41, 5.74) is 0.664. The molecule has 0 aliphatic rings. The minimum absolute atomic E-state index is 0.260. The molecule has 0 spiro atoms. The molecule has 0 atom stereocenters. The summed E-state index contributed by atoms with van der Waals surface area (Å²) in [6, 6.07) is 10.6. The van der Waals surface area contributed by atoms with E-state index in [0.29, 0.717) is 31.2 Å². The third-order valence-electron chi connectivity index (χ3n) is 3.45. The van der Waals surface area contributed by atoms with Crippen molar-refractivity contribution in [3.63, 3.8) is 0 Å². The highest BCUT2D eigenvalue weighted by molar-refractivity contribution is 6.02. The number of aromatic nitrogens is 2. The van der Waals surface area contributed by atoms with E-state index in [9.17, 15) is 4.79 Å². The molecule has 1 aromatic carbocycles. The summed E-state index contributed by atoms with van der Waals surface area (Å²) in [5.74, 6) is 1.36. The molecule has 2 heterocycles. The van der Waals surface area contributed by atoms with Crippen molar-refractivity contribution in [2.45, 2.75) is 6.54 Å². The summed E-state index contributed by atoms with van der Waals surface area (Å²) in [5, 5.41) is 2.79. The lowest BCUT2D eigenvalue weighted by molar-refractivity contribution is 0.0994. The topological polar surface area (TPSA) is 78.5 Å². The number of nitrogens with one attached hydrogen (secondary N) is 1. The quantitative estimate of drug-likeness (QED) is 0.638. The van der Waals surface area contributed by atoms with Crippen LogP contribution in [0.25, 0.3) is 0 Å². The Balaban J connectivity index is 1.56. The fourth-order valence-corrected chi connectivity index (χ4v) is 2.22. The molecule has 0 unspecified atom stereocenters. The van der Waals surface area contributed by atoms with Gasteiger partial charge in [0.2, 0.25) is 0 Å². The van der Waals surface area contributed by atoms with Gasteiger partial charge in [0.25, 0.3) is 5.91 Å². The molecular weight excluding hydrogens is 322 g/mol. The van der Waals surface area contributed by atoms with Gasteiger partial charge in [-0.1, -0.05) is 0 Å². The van der Waals surface area contributed by atoms with Crippen LogP contribution < -0.4 is 10.1 Å². The molecule has 25 heavy (non-hydrogen) atoms. The van der Waals surface area contributed by atoms with E-state index in [1.54, 1.807) is 56.0 Å². The molecule has 7 nitrogen and oxygen atoms in total. The first-order chi connectivity index (χ1) is 12.2. The van der Waals surface area contributed by atoms with Crippen molar-refractivity contribution >= 4 is 11.6 Å². The monoisotopic (exact) mass is 341 g/mol. The largest absolute Gasteiger partial charge is 0.491 e. The van der Waals surface area contributed by atoms with Gasteiger partial charge in [0.05, 0.1) is 19.5 Å². The van der Waals surface area contributed by atoms with E-state index in [1.807, 2.05) is 10.8 Å². The van der Waals surface area contributed by atoms with E-state index >= 15 is 0 Å². The van der Waals surface area contributed by atoms with Crippen LogP contribution in [-0.2, 0) is 11.3 Å². The van der Waals surface area contributed by atoms with Crippen LogP contribution >= 0.6 is 0 Å². The predicted octanol–water partition coefficient (Wildman–Crippen LogP) is 2.80. The summed E-state index contributed by atoms with van der Waals surface area (Å²) in [6.07, 6.45) is 5.22. The second-order valence-electron chi connectivity index (χ2n) is 5.32. The van der Waals surface area contributed by atoms with Crippen LogP contribution in [0.15, 0.2) is 59.5 Å². The van der Waals surface area contributed by atoms with Gasteiger partial charge < -0.3 is 23.8 Å². The number of benzene rings is 1. The van der Waals surface area contributed by atoms with Gasteiger partial charge in [0.15, 0.2) is 5.76 Å². The Kier molecular flexibility index (Phi) is 5.48. The van der Waals surface area contributed by atoms with Crippen molar-refractivity contribution in [3.05, 3.63) is 66.6 Å². The second kappa shape index (κ2) is 8.16. The first-order valence-electron chi connectivity index (χ1n) is 7.82. The van der Waals surface area contributed by atoms with Gasteiger partial charge in [0.1, 0.15) is 18.1 Å². The Morgan fingerprint density at radius 1 is 1.20 bits per heavy atom. The number of carbonyl (C=O) groups excluding carboxylic acids is 1. The van der Waals surface area contributed by atoms with E-state index in [2.05, 4.69) is 10.3 Å². The van der Waals surface area contributed by atoms with Crippen molar-refractivity contribution in [2.24, 2.45) is 0 Å². The minimum Gasteiger partial charge on any atom is -0.491 e. The number of ether oxygens (including phenoxy) is 2. The normalized spacial score (nSPS) is 10.6. The van der Waals surface area contributed by atoms with Crippen LogP contribution in [0.2, 0.25) is 0 Å². The lowest BCUT2D eigenvalue weighted by Gasteiger charge is -2.07. The number of imidazole rings is 1. The fourth-order valence-electron chi connectivity index (χ4n) is 2.22. The van der Waals surface area contributed by atoms with E-state index in [-0.39, 0.29) is 11.7 Å². The van der Waals surface area contributed by atoms with Crippen molar-refractivity contribution in [1.29, 1.82) is 0 Å². The zero-order valence-electron chi connectivity index (χ0n) is 13.8. The molecule has 3 aromatic rings. The molecular formula is C18H19N3O4. The van der Waals surface area contributed by atoms with Crippen molar-refractivity contribution in [2.75, 3.05) is 25.6 Å². The highest BCUT2D eigenvalue weighted by Crippen LogP contribution is 2.17. The molecule has 1 N–H and O–H groups in total. The lowest BCUT2D eigenvalue weighted by atomic mass is 10.3. The summed E-state index contributed by atoms with van der Waals surface area (Å²) in [7, 11) is 1.62. The average molecular weight is 341 g/mol. The molecule has 3 rings (SSSR count). The van der Waals surface area contributed by atoms with E-state index in [4.69, 9.17) is 13.9 Å². The van der Waals surface area contributed by atoms with E-state index < -0.39 is 0 Å². The molecule has 0 saturated heterocycles. The number of methoxy groups -OCH3 is 1. The Morgan fingerprint density at radius 2 is 2.04 bits per heavy atom. The Morgan fingerprint density at radius 3 is 2.76 bits per heavy atom. The maximum atomic E-state index is 12.3. The number of carbonyl (C=O) groups is 1. The molecule has 7 heteroatoms. The van der Waals surface area contributed by atoms with Gasteiger partial charge >= 0.3 is 0 Å². The van der Waals surface area contributed by atoms with Crippen LogP contribution in [0, 0.1) is 0 Å². The SMILES string of the molecule is COCCOc1ccc(NC(=O)c2ccc(Cn3ccnc3)o2)cc1. The van der Waals surface area contributed by atoms with Crippen LogP contribution in [0.3, 0.4) is 0 Å². The summed E-state index contributed by atoms with van der Waals surface area (Å²) < 4.78 is 17.9. The second-order valence-corrected chi connectivity index (χ2v) is 5.32. The van der Waals surface area contributed by atoms with Crippen LogP contribution in [-0.4, -0.2) is 35.8 Å². The first kappa shape index (κ1) is 16.8. The molecule has 130 valence electrons. The molecule has 2 aromatic heterocycles. The summed E-state index contributed by atoms with van der Waals surface area (Å²) >= 11 is 0. The lowest BCUT2D eigenvalue weighted by Crippen LogP contribution is -2.11. The third-order valence-corrected chi connectivity index (χ3v) is 3.45. The van der Waals surface area contributed by atoms with Crippen molar-refractivity contribution in [3.8, 4) is 5.75 Å². The predicted molar refractivity (Wildman–Crippen MR) is 91.8 cm³/mol. The van der Waals surface area contributed by atoms with Gasteiger partial charge in [0, 0.05) is 25.2 Å². The maximum absolute atomic E-state index is 12.3. The van der Waals surface area contributed by atoms with Crippen molar-refractivity contribution in [1.82, 2.24) is 9.55 Å². The van der Waals surface area contributed by atoms with Crippen LogP contribution in [0.1, 0.15) is 16.3 Å². The number of amides is 1. The van der Waals surface area contributed by atoms with Gasteiger partial charge in [-0.15, -0.1) is 0 Å². The molecule has 0 fully saturated rings. The minimum atomic E-state index is -0.301. The Hall–Kier alpha value is -3.06. The summed E-state index contributed by atoms with van der Waals surface area (Å²) in [4.78, 5) is 16.2. The smallest absolute Gasteiger partial charge is 0.291 e. The fraction of sp³-hybridized carbons (Fsp3) is 0.222. The molecule has 0 aliphatic heterocycles. The molecule has 0 saturated carbocycles. The number of rotatable bonds is 8. The Labute approximate surface area is 145 Å².